The van der Waals surface area contributed by atoms with Crippen molar-refractivity contribution in [2.24, 2.45) is 17.8 Å². The Morgan fingerprint density at radius 1 is 1.09 bits per heavy atom. The van der Waals surface area contributed by atoms with Gasteiger partial charge in [0.25, 0.3) is 0 Å². The third kappa shape index (κ3) is 6.44. The van der Waals surface area contributed by atoms with Gasteiger partial charge in [0, 0.05) is 13.3 Å². The zero-order chi connectivity index (χ0) is 33.4. The third-order valence-corrected chi connectivity index (χ3v) is 9.58. The molecular weight excluding hydrogens is 598 g/mol. The molecule has 3 aliphatic rings. The van der Waals surface area contributed by atoms with Crippen LogP contribution in [0, 0.1) is 31.6 Å². The van der Waals surface area contributed by atoms with Crippen LogP contribution in [0.4, 0.5) is 5.69 Å². The van der Waals surface area contributed by atoms with Crippen molar-refractivity contribution in [3.05, 3.63) is 94.3 Å². The topological polar surface area (TPSA) is 150 Å². The summed E-state index contributed by atoms with van der Waals surface area (Å²) in [5.41, 5.74) is 6.46. The molecule has 2 fully saturated rings. The summed E-state index contributed by atoms with van der Waals surface area (Å²) < 4.78 is 11.8. The predicted octanol–water partition coefficient (Wildman–Crippen LogP) is 3.05. The normalized spacial score (nSPS) is 22.9. The number of ether oxygens (including phenoxy) is 1. The highest BCUT2D eigenvalue weighted by molar-refractivity contribution is 6.58. The van der Waals surface area contributed by atoms with Crippen LogP contribution in [0.5, 0.6) is 5.75 Å². The number of pyridine rings is 1. The minimum Gasteiger partial charge on any atom is -0.507 e. The molecule has 3 aromatic rings. The van der Waals surface area contributed by atoms with E-state index in [4.69, 9.17) is 9.39 Å². The van der Waals surface area contributed by atoms with E-state index >= 15 is 0 Å². The van der Waals surface area contributed by atoms with Gasteiger partial charge in [-0.1, -0.05) is 18.2 Å². The number of anilines is 1. The minimum absolute atomic E-state index is 0.164. The van der Waals surface area contributed by atoms with E-state index in [9.17, 15) is 29.8 Å². The van der Waals surface area contributed by atoms with E-state index in [1.807, 2.05) is 50.3 Å². The van der Waals surface area contributed by atoms with Crippen LogP contribution in [0.2, 0.25) is 6.32 Å². The lowest BCUT2D eigenvalue weighted by molar-refractivity contribution is -0.122. The lowest BCUT2D eigenvalue weighted by atomic mass is 9.58. The molecule has 47 heavy (non-hydrogen) atoms. The second-order valence-electron chi connectivity index (χ2n) is 12.7. The number of nitrogens with zero attached hydrogens (tertiary/aromatic N) is 2. The maximum Gasteiger partial charge on any atom is 0.488 e. The lowest BCUT2D eigenvalue weighted by Crippen LogP contribution is -2.46. The van der Waals surface area contributed by atoms with Crippen molar-refractivity contribution in [1.82, 2.24) is 4.98 Å². The Hall–Kier alpha value is -4.06. The first-order valence-corrected chi connectivity index (χ1v) is 15.9. The van der Waals surface area contributed by atoms with Gasteiger partial charge in [-0.3, -0.25) is 19.5 Å². The standard InChI is InChI=1S/C35H38B2N2O8/c1-20-13-22(14-21(2)33(20)40)15-23(29-9-4-5-12-38-29)10-11-30-31-24(19-46-3)16-27-32(28(31)18-36(43)47-30)35(42)39(34(27)41)26-8-6-7-25(17-26)37(44)45/h4-9,12-15,17,27-28,30,32,40,43-45H,10-11,16,18-19H2,1-3H3/b23-15-/t27-,28+,30-,32-/m1/s1. The van der Waals surface area contributed by atoms with E-state index in [0.717, 1.165) is 44.0 Å². The van der Waals surface area contributed by atoms with Crippen LogP contribution in [0.1, 0.15) is 41.6 Å². The average molecular weight is 636 g/mol. The maximum atomic E-state index is 14.1. The Morgan fingerprint density at radius 3 is 2.53 bits per heavy atom. The summed E-state index contributed by atoms with van der Waals surface area (Å²) in [4.78, 5) is 33.6. The Kier molecular flexibility index (Phi) is 9.50. The first-order valence-electron chi connectivity index (χ1n) is 15.9. The van der Waals surface area contributed by atoms with Crippen LogP contribution in [-0.2, 0) is 19.0 Å². The molecule has 0 unspecified atom stereocenters. The van der Waals surface area contributed by atoms with Crippen molar-refractivity contribution in [2.45, 2.75) is 45.5 Å². The Balaban J connectivity index is 1.33. The molecule has 6 rings (SSSR count). The second kappa shape index (κ2) is 13.6. The van der Waals surface area contributed by atoms with Gasteiger partial charge >= 0.3 is 14.2 Å². The monoisotopic (exact) mass is 636 g/mol. The average Bonchev–Trinajstić information content (AvgIpc) is 3.30. The van der Waals surface area contributed by atoms with Gasteiger partial charge in [-0.05, 0) is 127 Å². The number of allylic oxidation sites excluding steroid dienone is 1. The molecule has 3 heterocycles. The fourth-order valence-electron chi connectivity index (χ4n) is 7.54. The van der Waals surface area contributed by atoms with Crippen molar-refractivity contribution in [3.63, 3.8) is 0 Å². The molecule has 4 atom stereocenters. The van der Waals surface area contributed by atoms with Crippen LogP contribution in [0.25, 0.3) is 11.6 Å². The number of hydrogen-bond donors (Lipinski definition) is 4. The fourth-order valence-corrected chi connectivity index (χ4v) is 7.54. The number of aromatic hydroxyl groups is 1. The number of benzene rings is 2. The van der Waals surface area contributed by atoms with Gasteiger partial charge in [-0.2, -0.15) is 0 Å². The summed E-state index contributed by atoms with van der Waals surface area (Å²) >= 11 is 0. The van der Waals surface area contributed by atoms with Crippen LogP contribution in [0.3, 0.4) is 0 Å². The molecule has 4 N–H and O–H groups in total. The van der Waals surface area contributed by atoms with Crippen molar-refractivity contribution in [2.75, 3.05) is 18.6 Å². The van der Waals surface area contributed by atoms with Gasteiger partial charge < -0.3 is 29.6 Å². The maximum absolute atomic E-state index is 14.1. The molecular formula is C35H38B2N2O8. The predicted molar refractivity (Wildman–Crippen MR) is 179 cm³/mol. The van der Waals surface area contributed by atoms with Gasteiger partial charge in [-0.15, -0.1) is 0 Å². The van der Waals surface area contributed by atoms with Gasteiger partial charge in [0.2, 0.25) is 11.8 Å². The van der Waals surface area contributed by atoms with E-state index < -0.39 is 38.1 Å². The van der Waals surface area contributed by atoms with Gasteiger partial charge in [0.05, 0.1) is 35.9 Å². The molecule has 2 saturated heterocycles. The molecule has 242 valence electrons. The highest BCUT2D eigenvalue weighted by atomic mass is 16.5. The number of rotatable bonds is 9. The summed E-state index contributed by atoms with van der Waals surface area (Å²) in [7, 11) is -1.29. The summed E-state index contributed by atoms with van der Waals surface area (Å²) in [6.07, 6.45) is 4.75. The van der Waals surface area contributed by atoms with Crippen molar-refractivity contribution in [3.8, 4) is 5.75 Å². The molecule has 2 aliphatic heterocycles. The van der Waals surface area contributed by atoms with E-state index in [1.54, 1.807) is 25.4 Å². The second-order valence-corrected chi connectivity index (χ2v) is 12.7. The molecule has 0 bridgehead atoms. The fraction of sp³-hybridized carbons (Fsp3) is 0.343. The highest BCUT2D eigenvalue weighted by Gasteiger charge is 2.57. The highest BCUT2D eigenvalue weighted by Crippen LogP contribution is 2.51. The zero-order valence-corrected chi connectivity index (χ0v) is 26.7. The number of methoxy groups -OCH3 is 1. The summed E-state index contributed by atoms with van der Waals surface area (Å²) in [5.74, 6) is -2.23. The van der Waals surface area contributed by atoms with Gasteiger partial charge in [0.1, 0.15) is 5.75 Å². The van der Waals surface area contributed by atoms with Crippen molar-refractivity contribution in [1.29, 1.82) is 0 Å². The number of phenols is 1. The van der Waals surface area contributed by atoms with Gasteiger partial charge in [-0.25, -0.2) is 0 Å². The molecule has 12 heteroatoms. The quantitative estimate of drug-likeness (QED) is 0.158. The van der Waals surface area contributed by atoms with Gasteiger partial charge in [0.15, 0.2) is 0 Å². The Morgan fingerprint density at radius 2 is 1.85 bits per heavy atom. The number of aromatic nitrogens is 1. The number of amides is 2. The molecule has 0 saturated carbocycles. The van der Waals surface area contributed by atoms with E-state index in [-0.39, 0.29) is 41.6 Å². The van der Waals surface area contributed by atoms with Crippen molar-refractivity contribution < 1.29 is 39.2 Å². The molecule has 2 amide bonds. The van der Waals surface area contributed by atoms with E-state index in [1.165, 1.54) is 12.1 Å². The Labute approximate surface area is 274 Å². The van der Waals surface area contributed by atoms with E-state index in [0.29, 0.717) is 19.3 Å². The molecule has 0 spiro atoms. The van der Waals surface area contributed by atoms with Crippen LogP contribution in [-0.4, -0.2) is 71.0 Å². The van der Waals surface area contributed by atoms with E-state index in [2.05, 4.69) is 4.98 Å². The summed E-state index contributed by atoms with van der Waals surface area (Å²) in [6, 6.07) is 15.7. The summed E-state index contributed by atoms with van der Waals surface area (Å²) in [5, 5.41) is 40.7. The number of phenolic OH excluding ortho intramolecular Hbond substituents is 1. The lowest BCUT2D eigenvalue weighted by Gasteiger charge is -2.43. The molecule has 2 aromatic carbocycles. The summed E-state index contributed by atoms with van der Waals surface area (Å²) in [6.45, 7) is 3.98. The number of imide groups is 1. The largest absolute Gasteiger partial charge is 0.507 e. The third-order valence-electron chi connectivity index (χ3n) is 9.58. The number of aryl methyl sites for hydroxylation is 2. The molecule has 1 aliphatic carbocycles. The SMILES string of the molecule is COCC1=C2[C@@H](CC/C(=C/c3cc(C)c(O)c(C)c3)c3ccccn3)OB(O)C[C@@H]2[C@@H]2C(=O)N(c3cccc(B(O)O)c3)C(=O)[C@@H]2C1. The zero-order valence-electron chi connectivity index (χ0n) is 26.7. The smallest absolute Gasteiger partial charge is 0.488 e. The minimum atomic E-state index is -1.75. The van der Waals surface area contributed by atoms with Crippen LogP contribution >= 0.6 is 0 Å². The molecule has 1 aromatic heterocycles. The number of fused-ring (bicyclic) bond motifs is 3. The molecule has 10 nitrogen and oxygen atoms in total. The van der Waals surface area contributed by atoms with Crippen LogP contribution in [0.15, 0.2) is 71.9 Å². The van der Waals surface area contributed by atoms with Crippen molar-refractivity contribution >= 4 is 48.9 Å². The number of hydrogen-bond acceptors (Lipinski definition) is 9. The van der Waals surface area contributed by atoms with Crippen LogP contribution < -0.4 is 10.4 Å². The Bertz CT molecular complexity index is 1720. The number of carbonyl (C=O) groups is 2. The number of carbonyl (C=O) groups excluding carboxylic acids is 2. The first kappa shape index (κ1) is 32.9. The first-order chi connectivity index (χ1) is 22.6. The molecule has 0 radical (unpaired) electrons.